The van der Waals surface area contributed by atoms with E-state index in [0.717, 1.165) is 30.6 Å². The van der Waals surface area contributed by atoms with Gasteiger partial charge in [-0.1, -0.05) is 29.7 Å². The van der Waals surface area contributed by atoms with Crippen LogP contribution in [0.1, 0.15) is 29.6 Å². The van der Waals surface area contributed by atoms with Crippen molar-refractivity contribution in [2.75, 3.05) is 13.1 Å². The first-order valence-corrected chi connectivity index (χ1v) is 12.1. The van der Waals surface area contributed by atoms with Crippen molar-refractivity contribution in [2.24, 2.45) is 4.99 Å². The van der Waals surface area contributed by atoms with Crippen LogP contribution in [0.4, 0.5) is 4.39 Å². The molecule has 6 nitrogen and oxygen atoms in total. The average molecular weight is 458 g/mol. The number of rotatable bonds is 4. The van der Waals surface area contributed by atoms with E-state index in [1.807, 2.05) is 0 Å². The lowest BCUT2D eigenvalue weighted by Gasteiger charge is -2.25. The minimum Gasteiger partial charge on any atom is -0.302 e. The number of carbonyl (C=O) groups is 1. The van der Waals surface area contributed by atoms with Crippen LogP contribution in [0.5, 0.6) is 0 Å². The van der Waals surface area contributed by atoms with Crippen molar-refractivity contribution in [3.05, 3.63) is 58.6 Å². The molecule has 2 aromatic carbocycles. The quantitative estimate of drug-likeness (QED) is 0.564. The number of sulfonamides is 1. The zero-order valence-electron chi connectivity index (χ0n) is 16.6. The van der Waals surface area contributed by atoms with Crippen LogP contribution in [0.3, 0.4) is 0 Å². The van der Waals surface area contributed by atoms with Gasteiger partial charge < -0.3 is 4.57 Å². The number of carbonyl (C=O) groups excluding carboxylic acids is 1. The summed E-state index contributed by atoms with van der Waals surface area (Å²) in [4.78, 5) is 17.3. The molecule has 1 aromatic heterocycles. The standard InChI is InChI=1S/C22H20FN3O3S2/c1-2-13-26-20-18(23)7-6-8-19(20)30-22(26)24-21(27)16-9-11-17(12-10-16)31(28,29)25-14-4-3-5-15-25/h1,6-12H,3-5,13-15H2. The van der Waals surface area contributed by atoms with Crippen molar-refractivity contribution < 1.29 is 17.6 Å². The number of fused-ring (bicyclic) bond motifs is 1. The number of halogens is 1. The fourth-order valence-corrected chi connectivity index (χ4v) is 6.14. The predicted molar refractivity (Wildman–Crippen MR) is 118 cm³/mol. The SMILES string of the molecule is C#CCn1c(=NC(=O)c2ccc(S(=O)(=O)N3CCCCC3)cc2)sc2cccc(F)c21. The van der Waals surface area contributed by atoms with Crippen LogP contribution in [0.2, 0.25) is 0 Å². The molecule has 0 saturated carbocycles. The number of nitrogens with zero attached hydrogens (tertiary/aromatic N) is 3. The zero-order chi connectivity index (χ0) is 22.0. The van der Waals surface area contributed by atoms with E-state index in [0.29, 0.717) is 23.3 Å². The Morgan fingerprint density at radius 2 is 1.84 bits per heavy atom. The molecule has 4 rings (SSSR count). The number of thiazole rings is 1. The Morgan fingerprint density at radius 3 is 2.52 bits per heavy atom. The summed E-state index contributed by atoms with van der Waals surface area (Å²) in [5, 5.41) is 0. The number of benzene rings is 2. The summed E-state index contributed by atoms with van der Waals surface area (Å²) in [5.41, 5.74) is 0.544. The van der Waals surface area contributed by atoms with Crippen molar-refractivity contribution in [1.82, 2.24) is 8.87 Å². The molecular formula is C22H20FN3O3S2. The third-order valence-corrected chi connectivity index (χ3v) is 8.11. The predicted octanol–water partition coefficient (Wildman–Crippen LogP) is 3.39. The highest BCUT2D eigenvalue weighted by Crippen LogP contribution is 2.22. The number of hydrogen-bond acceptors (Lipinski definition) is 4. The maximum absolute atomic E-state index is 14.3. The highest BCUT2D eigenvalue weighted by atomic mass is 32.2. The molecule has 1 aliphatic rings. The van der Waals surface area contributed by atoms with Gasteiger partial charge in [-0.2, -0.15) is 9.30 Å². The van der Waals surface area contributed by atoms with Gasteiger partial charge in [-0.3, -0.25) is 4.79 Å². The molecule has 1 saturated heterocycles. The molecule has 2 heterocycles. The first kappa shape index (κ1) is 21.4. The molecule has 0 spiro atoms. The molecule has 3 aromatic rings. The van der Waals surface area contributed by atoms with Gasteiger partial charge in [-0.15, -0.1) is 6.42 Å². The van der Waals surface area contributed by atoms with Crippen molar-refractivity contribution in [3.63, 3.8) is 0 Å². The number of terminal acetylenes is 1. The molecule has 9 heteroatoms. The summed E-state index contributed by atoms with van der Waals surface area (Å²) in [5.74, 6) is 1.46. The van der Waals surface area contributed by atoms with Crippen LogP contribution in [0.15, 0.2) is 52.4 Å². The lowest BCUT2D eigenvalue weighted by molar-refractivity contribution is 0.0997. The van der Waals surface area contributed by atoms with Gasteiger partial charge in [-0.25, -0.2) is 12.8 Å². The molecule has 0 N–H and O–H groups in total. The second-order valence-electron chi connectivity index (χ2n) is 7.17. The summed E-state index contributed by atoms with van der Waals surface area (Å²) >= 11 is 1.16. The smallest absolute Gasteiger partial charge is 0.279 e. The molecule has 1 amide bonds. The second kappa shape index (κ2) is 8.75. The molecule has 160 valence electrons. The topological polar surface area (TPSA) is 71.7 Å². The lowest BCUT2D eigenvalue weighted by atomic mass is 10.2. The first-order valence-electron chi connectivity index (χ1n) is 9.82. The number of hydrogen-bond donors (Lipinski definition) is 0. The van der Waals surface area contributed by atoms with Crippen LogP contribution in [-0.2, 0) is 16.6 Å². The van der Waals surface area contributed by atoms with Crippen LogP contribution in [-0.4, -0.2) is 36.3 Å². The van der Waals surface area contributed by atoms with E-state index in [2.05, 4.69) is 10.9 Å². The van der Waals surface area contributed by atoms with Gasteiger partial charge in [0, 0.05) is 18.7 Å². The van der Waals surface area contributed by atoms with Crippen molar-refractivity contribution in [1.29, 1.82) is 0 Å². The first-order chi connectivity index (χ1) is 14.9. The van der Waals surface area contributed by atoms with Gasteiger partial charge in [-0.05, 0) is 49.2 Å². The molecule has 1 aliphatic heterocycles. The van der Waals surface area contributed by atoms with E-state index < -0.39 is 21.7 Å². The monoisotopic (exact) mass is 457 g/mol. The molecule has 0 unspecified atom stereocenters. The summed E-state index contributed by atoms with van der Waals surface area (Å²) < 4.78 is 43.4. The van der Waals surface area contributed by atoms with Crippen LogP contribution < -0.4 is 4.80 Å². The van der Waals surface area contributed by atoms with E-state index in [1.54, 1.807) is 12.1 Å². The fraction of sp³-hybridized carbons (Fsp3) is 0.273. The Hall–Kier alpha value is -2.80. The largest absolute Gasteiger partial charge is 0.302 e. The fourth-order valence-electron chi connectivity index (χ4n) is 3.59. The molecule has 31 heavy (non-hydrogen) atoms. The third-order valence-electron chi connectivity index (χ3n) is 5.15. The van der Waals surface area contributed by atoms with Gasteiger partial charge in [0.1, 0.15) is 5.82 Å². The zero-order valence-corrected chi connectivity index (χ0v) is 18.3. The lowest BCUT2D eigenvalue weighted by Crippen LogP contribution is -2.35. The van der Waals surface area contributed by atoms with E-state index in [4.69, 9.17) is 6.42 Å². The van der Waals surface area contributed by atoms with Gasteiger partial charge in [0.25, 0.3) is 5.91 Å². The Labute approximate surface area is 183 Å². The highest BCUT2D eigenvalue weighted by Gasteiger charge is 2.26. The molecule has 0 atom stereocenters. The summed E-state index contributed by atoms with van der Waals surface area (Å²) in [6.45, 7) is 1.09. The number of piperidine rings is 1. The highest BCUT2D eigenvalue weighted by molar-refractivity contribution is 7.89. The molecule has 0 radical (unpaired) electrons. The van der Waals surface area contributed by atoms with E-state index in [1.165, 1.54) is 39.2 Å². The van der Waals surface area contributed by atoms with Crippen molar-refractivity contribution in [3.8, 4) is 12.3 Å². The Kier molecular flexibility index (Phi) is 6.05. The van der Waals surface area contributed by atoms with E-state index in [9.17, 15) is 17.6 Å². The molecular weight excluding hydrogens is 437 g/mol. The summed E-state index contributed by atoms with van der Waals surface area (Å²) in [6, 6.07) is 10.4. The second-order valence-corrected chi connectivity index (χ2v) is 10.1. The van der Waals surface area contributed by atoms with Crippen molar-refractivity contribution >= 4 is 37.5 Å². The van der Waals surface area contributed by atoms with Gasteiger partial charge in [0.15, 0.2) is 4.80 Å². The van der Waals surface area contributed by atoms with E-state index >= 15 is 0 Å². The summed E-state index contributed by atoms with van der Waals surface area (Å²) in [6.07, 6.45) is 8.14. The molecule has 0 bridgehead atoms. The number of para-hydroxylation sites is 1. The average Bonchev–Trinajstić information content (AvgIpc) is 3.13. The van der Waals surface area contributed by atoms with Gasteiger partial charge in [0.2, 0.25) is 10.0 Å². The molecule has 1 fully saturated rings. The van der Waals surface area contributed by atoms with Crippen LogP contribution >= 0.6 is 11.3 Å². The van der Waals surface area contributed by atoms with Crippen LogP contribution in [0.25, 0.3) is 10.2 Å². The maximum atomic E-state index is 14.3. The number of amides is 1. The Bertz CT molecular complexity index is 1340. The third kappa shape index (κ3) is 4.19. The maximum Gasteiger partial charge on any atom is 0.279 e. The minimum atomic E-state index is -3.57. The molecule has 0 aliphatic carbocycles. The minimum absolute atomic E-state index is 0.0695. The van der Waals surface area contributed by atoms with E-state index in [-0.39, 0.29) is 21.8 Å². The number of aromatic nitrogens is 1. The van der Waals surface area contributed by atoms with Crippen LogP contribution in [0, 0.1) is 18.2 Å². The van der Waals surface area contributed by atoms with Gasteiger partial charge in [0.05, 0.1) is 21.7 Å². The summed E-state index contributed by atoms with van der Waals surface area (Å²) in [7, 11) is -3.57. The van der Waals surface area contributed by atoms with Crippen molar-refractivity contribution in [2.45, 2.75) is 30.7 Å². The van der Waals surface area contributed by atoms with Gasteiger partial charge >= 0.3 is 0 Å². The Morgan fingerprint density at radius 1 is 1.13 bits per heavy atom. The Balaban J connectivity index is 1.67. The normalized spacial score (nSPS) is 15.8.